The van der Waals surface area contributed by atoms with Gasteiger partial charge in [-0.05, 0) is 70.9 Å². The summed E-state index contributed by atoms with van der Waals surface area (Å²) in [5.74, 6) is -1.58. The lowest BCUT2D eigenvalue weighted by atomic mass is 9.90. The van der Waals surface area contributed by atoms with Crippen LogP contribution in [0.1, 0.15) is 18.5 Å². The standard InChI is InChI=1S/C25H19BrCl2N2O5/c1-2-34-19-11-13(10-16(26)22(19)31)21-20-23(35-30(21)14-6-4-3-5-7-14)25(33)29(24(20)32)15-8-9-17(27)18(28)12-15/h3-12,20-21,23,31H,2H2,1H3. The van der Waals surface area contributed by atoms with E-state index in [1.807, 2.05) is 30.3 Å². The number of rotatable bonds is 5. The first kappa shape index (κ1) is 23.9. The van der Waals surface area contributed by atoms with Crippen molar-refractivity contribution in [3.63, 3.8) is 0 Å². The van der Waals surface area contributed by atoms with Crippen molar-refractivity contribution in [2.75, 3.05) is 16.6 Å². The third-order valence-corrected chi connectivity index (χ3v) is 7.32. The first-order chi connectivity index (χ1) is 16.8. The number of hydrogen-bond acceptors (Lipinski definition) is 6. The highest BCUT2D eigenvalue weighted by Crippen LogP contribution is 2.50. The number of imide groups is 1. The number of benzene rings is 3. The molecular formula is C25H19BrCl2N2O5. The first-order valence-electron chi connectivity index (χ1n) is 10.8. The Morgan fingerprint density at radius 2 is 1.74 bits per heavy atom. The van der Waals surface area contributed by atoms with Gasteiger partial charge in [0.2, 0.25) is 5.91 Å². The third-order valence-electron chi connectivity index (χ3n) is 5.98. The molecule has 3 aromatic rings. The number of ether oxygens (including phenoxy) is 1. The van der Waals surface area contributed by atoms with E-state index in [-0.39, 0.29) is 16.5 Å². The minimum absolute atomic E-state index is 0.0522. The molecule has 2 amide bonds. The molecule has 3 atom stereocenters. The molecule has 0 spiro atoms. The fraction of sp³-hybridized carbons (Fsp3) is 0.200. The van der Waals surface area contributed by atoms with E-state index in [9.17, 15) is 14.7 Å². The molecule has 7 nitrogen and oxygen atoms in total. The number of carbonyl (C=O) groups is 2. The van der Waals surface area contributed by atoms with Gasteiger partial charge in [-0.25, -0.2) is 9.96 Å². The molecule has 2 fully saturated rings. The number of aromatic hydroxyl groups is 1. The van der Waals surface area contributed by atoms with Gasteiger partial charge in [0.1, 0.15) is 5.92 Å². The molecule has 180 valence electrons. The SMILES string of the molecule is CCOc1cc(C2C3C(=O)N(c4ccc(Cl)c(Cl)c4)C(=O)C3ON2c2ccccc2)cc(Br)c1O. The van der Waals surface area contributed by atoms with E-state index >= 15 is 0 Å². The molecule has 2 aliphatic rings. The van der Waals surface area contributed by atoms with Crippen LogP contribution in [0.15, 0.2) is 65.1 Å². The fourth-order valence-electron chi connectivity index (χ4n) is 4.46. The van der Waals surface area contributed by atoms with Crippen LogP contribution in [0.2, 0.25) is 10.0 Å². The third kappa shape index (κ3) is 4.04. The number of para-hydroxylation sites is 1. The predicted octanol–water partition coefficient (Wildman–Crippen LogP) is 5.91. The second-order valence-corrected chi connectivity index (χ2v) is 9.72. The molecule has 0 aliphatic carbocycles. The maximum Gasteiger partial charge on any atom is 0.266 e. The Morgan fingerprint density at radius 1 is 1.00 bits per heavy atom. The van der Waals surface area contributed by atoms with Gasteiger partial charge in [-0.3, -0.25) is 14.4 Å². The van der Waals surface area contributed by atoms with Gasteiger partial charge in [-0.2, -0.15) is 0 Å². The van der Waals surface area contributed by atoms with Crippen molar-refractivity contribution in [1.82, 2.24) is 0 Å². The smallest absolute Gasteiger partial charge is 0.266 e. The second kappa shape index (κ2) is 9.35. The van der Waals surface area contributed by atoms with Crippen molar-refractivity contribution in [3.8, 4) is 11.5 Å². The van der Waals surface area contributed by atoms with Crippen LogP contribution in [-0.4, -0.2) is 29.6 Å². The normalized spacial score (nSPS) is 21.5. The summed E-state index contributed by atoms with van der Waals surface area (Å²) >= 11 is 15.6. The van der Waals surface area contributed by atoms with Crippen LogP contribution in [0.5, 0.6) is 11.5 Å². The summed E-state index contributed by atoms with van der Waals surface area (Å²) in [4.78, 5) is 34.4. The van der Waals surface area contributed by atoms with Crippen molar-refractivity contribution in [2.45, 2.75) is 19.1 Å². The minimum Gasteiger partial charge on any atom is -0.503 e. The van der Waals surface area contributed by atoms with Crippen molar-refractivity contribution >= 4 is 62.3 Å². The van der Waals surface area contributed by atoms with E-state index in [4.69, 9.17) is 32.8 Å². The number of fused-ring (bicyclic) bond motifs is 1. The Bertz CT molecular complexity index is 1320. The van der Waals surface area contributed by atoms with Crippen LogP contribution >= 0.6 is 39.1 Å². The van der Waals surface area contributed by atoms with Gasteiger partial charge < -0.3 is 9.84 Å². The number of anilines is 2. The number of phenols is 1. The van der Waals surface area contributed by atoms with Gasteiger partial charge in [0.05, 0.1) is 38.5 Å². The Morgan fingerprint density at radius 3 is 2.43 bits per heavy atom. The zero-order valence-electron chi connectivity index (χ0n) is 18.3. The van der Waals surface area contributed by atoms with Crippen LogP contribution in [0.3, 0.4) is 0 Å². The topological polar surface area (TPSA) is 79.3 Å². The Hall–Kier alpha value is -2.78. The molecule has 5 rings (SSSR count). The monoisotopic (exact) mass is 576 g/mol. The number of amides is 2. The number of phenolic OH excluding ortho intramolecular Hbond substituents is 1. The summed E-state index contributed by atoms with van der Waals surface area (Å²) in [6.07, 6.45) is -1.05. The summed E-state index contributed by atoms with van der Waals surface area (Å²) in [5.41, 5.74) is 1.63. The molecule has 0 bridgehead atoms. The molecule has 0 saturated carbocycles. The highest BCUT2D eigenvalue weighted by Gasteiger charge is 2.60. The van der Waals surface area contributed by atoms with Crippen molar-refractivity contribution in [1.29, 1.82) is 0 Å². The van der Waals surface area contributed by atoms with Crippen molar-refractivity contribution in [2.24, 2.45) is 5.92 Å². The highest BCUT2D eigenvalue weighted by molar-refractivity contribution is 9.10. The molecule has 3 aromatic carbocycles. The molecular weight excluding hydrogens is 559 g/mol. The number of nitrogens with zero attached hydrogens (tertiary/aromatic N) is 2. The number of carbonyl (C=O) groups excluding carboxylic acids is 2. The Labute approximate surface area is 219 Å². The van der Waals surface area contributed by atoms with E-state index in [0.717, 1.165) is 4.90 Å². The Kier molecular flexibility index (Phi) is 6.40. The number of halogens is 3. The second-order valence-electron chi connectivity index (χ2n) is 8.05. The molecule has 2 saturated heterocycles. The average molecular weight is 578 g/mol. The molecule has 35 heavy (non-hydrogen) atoms. The van der Waals surface area contributed by atoms with Gasteiger partial charge in [0.15, 0.2) is 17.6 Å². The highest BCUT2D eigenvalue weighted by atomic mass is 79.9. The van der Waals surface area contributed by atoms with E-state index in [1.165, 1.54) is 12.1 Å². The fourth-order valence-corrected chi connectivity index (χ4v) is 5.21. The largest absolute Gasteiger partial charge is 0.503 e. The molecule has 2 heterocycles. The van der Waals surface area contributed by atoms with Gasteiger partial charge in [0.25, 0.3) is 5.91 Å². The van der Waals surface area contributed by atoms with Gasteiger partial charge in [-0.1, -0.05) is 41.4 Å². The van der Waals surface area contributed by atoms with Crippen LogP contribution in [0.25, 0.3) is 0 Å². The zero-order valence-corrected chi connectivity index (χ0v) is 21.4. The van der Waals surface area contributed by atoms with Crippen LogP contribution in [0, 0.1) is 5.92 Å². The van der Waals surface area contributed by atoms with Crippen molar-refractivity contribution < 1.29 is 24.3 Å². The first-order valence-corrected chi connectivity index (χ1v) is 12.4. The van der Waals surface area contributed by atoms with E-state index in [0.29, 0.717) is 33.0 Å². The van der Waals surface area contributed by atoms with Crippen LogP contribution in [-0.2, 0) is 14.4 Å². The lowest BCUT2D eigenvalue weighted by molar-refractivity contribution is -0.126. The summed E-state index contributed by atoms with van der Waals surface area (Å²) < 4.78 is 6.00. The average Bonchev–Trinajstić information content (AvgIpc) is 3.35. The molecule has 0 aromatic heterocycles. The molecule has 3 unspecified atom stereocenters. The lowest BCUT2D eigenvalue weighted by Gasteiger charge is -2.29. The summed E-state index contributed by atoms with van der Waals surface area (Å²) in [7, 11) is 0. The Balaban J connectivity index is 1.62. The quantitative estimate of drug-likeness (QED) is 0.380. The van der Waals surface area contributed by atoms with E-state index in [2.05, 4.69) is 15.9 Å². The van der Waals surface area contributed by atoms with Crippen LogP contribution in [0.4, 0.5) is 11.4 Å². The molecule has 10 heteroatoms. The summed E-state index contributed by atoms with van der Waals surface area (Å²) in [5, 5.41) is 12.6. The summed E-state index contributed by atoms with van der Waals surface area (Å²) in [6.45, 7) is 2.14. The summed E-state index contributed by atoms with van der Waals surface area (Å²) in [6, 6.07) is 16.5. The van der Waals surface area contributed by atoms with Gasteiger partial charge in [0, 0.05) is 0 Å². The predicted molar refractivity (Wildman–Crippen MR) is 136 cm³/mol. The maximum atomic E-state index is 13.7. The van der Waals surface area contributed by atoms with Gasteiger partial charge in [-0.15, -0.1) is 0 Å². The van der Waals surface area contributed by atoms with Crippen molar-refractivity contribution in [3.05, 3.63) is 80.7 Å². The lowest BCUT2D eigenvalue weighted by Crippen LogP contribution is -2.37. The van der Waals surface area contributed by atoms with E-state index < -0.39 is 29.9 Å². The molecule has 0 radical (unpaired) electrons. The van der Waals surface area contributed by atoms with E-state index in [1.54, 1.807) is 30.2 Å². The minimum atomic E-state index is -1.05. The molecule has 2 aliphatic heterocycles. The maximum absolute atomic E-state index is 13.7. The zero-order chi connectivity index (χ0) is 24.9. The van der Waals surface area contributed by atoms with Gasteiger partial charge >= 0.3 is 0 Å². The molecule has 1 N–H and O–H groups in total. The van der Waals surface area contributed by atoms with Crippen LogP contribution < -0.4 is 14.7 Å². The number of hydrogen-bond donors (Lipinski definition) is 1. The number of hydroxylamine groups is 1.